The van der Waals surface area contributed by atoms with E-state index in [0.717, 1.165) is 19.4 Å². The maximum absolute atomic E-state index is 13.6. The molecule has 6 heteroatoms. The summed E-state index contributed by atoms with van der Waals surface area (Å²) in [5, 5.41) is 2.90. The number of rotatable bonds is 7. The van der Waals surface area contributed by atoms with Crippen LogP contribution in [0, 0.1) is 11.7 Å². The van der Waals surface area contributed by atoms with Crippen molar-refractivity contribution in [3.05, 3.63) is 35.6 Å². The summed E-state index contributed by atoms with van der Waals surface area (Å²) in [4.78, 5) is 27.7. The number of carbonyl (C=O) groups excluding carboxylic acids is 2. The molecule has 1 heterocycles. The number of likely N-dealkylation sites (tertiary alicyclic amines) is 1. The number of hydrogen-bond acceptors (Lipinski definition) is 3. The van der Waals surface area contributed by atoms with Gasteiger partial charge in [0, 0.05) is 43.6 Å². The molecule has 2 aliphatic rings. The third kappa shape index (κ3) is 4.32. The van der Waals surface area contributed by atoms with Crippen molar-refractivity contribution in [2.45, 2.75) is 31.8 Å². The van der Waals surface area contributed by atoms with Gasteiger partial charge in [0.2, 0.25) is 11.8 Å². The minimum atomic E-state index is -0.255. The van der Waals surface area contributed by atoms with E-state index in [2.05, 4.69) is 5.32 Å². The molecule has 3 rings (SSSR count). The number of hydrogen-bond donors (Lipinski definition) is 1. The van der Waals surface area contributed by atoms with Crippen LogP contribution in [0.15, 0.2) is 24.3 Å². The van der Waals surface area contributed by atoms with Gasteiger partial charge in [-0.15, -0.1) is 0 Å². The number of likely N-dealkylation sites (N-methyl/N-ethyl adjacent to an activating group) is 1. The summed E-state index contributed by atoms with van der Waals surface area (Å²) in [6.07, 6.45) is 2.76. The first kappa shape index (κ1) is 16.9. The van der Waals surface area contributed by atoms with Crippen LogP contribution >= 0.6 is 0 Å². The molecule has 1 saturated heterocycles. The first-order valence-corrected chi connectivity index (χ1v) is 8.51. The van der Waals surface area contributed by atoms with Crippen molar-refractivity contribution in [1.82, 2.24) is 15.1 Å². The van der Waals surface area contributed by atoms with Gasteiger partial charge in [0.15, 0.2) is 0 Å². The zero-order valence-corrected chi connectivity index (χ0v) is 14.0. The molecule has 1 unspecified atom stereocenters. The zero-order chi connectivity index (χ0) is 17.1. The molecule has 1 aromatic rings. The summed E-state index contributed by atoms with van der Waals surface area (Å²) in [6.45, 7) is 1.88. The topological polar surface area (TPSA) is 52.7 Å². The summed E-state index contributed by atoms with van der Waals surface area (Å²) in [5.41, 5.74) is 0.578. The maximum atomic E-state index is 13.6. The van der Waals surface area contributed by atoms with Crippen molar-refractivity contribution in [2.75, 3.05) is 26.7 Å². The lowest BCUT2D eigenvalue weighted by Crippen LogP contribution is -2.38. The van der Waals surface area contributed by atoms with Gasteiger partial charge >= 0.3 is 0 Å². The van der Waals surface area contributed by atoms with Gasteiger partial charge in [0.25, 0.3) is 0 Å². The Morgan fingerprint density at radius 2 is 2.12 bits per heavy atom. The average molecular weight is 333 g/mol. The molecule has 130 valence electrons. The van der Waals surface area contributed by atoms with Crippen LogP contribution in [0.3, 0.4) is 0 Å². The Labute approximate surface area is 141 Å². The predicted molar refractivity (Wildman–Crippen MR) is 88.6 cm³/mol. The number of carbonyl (C=O) groups is 2. The van der Waals surface area contributed by atoms with Crippen LogP contribution in [-0.4, -0.2) is 54.3 Å². The Hall–Kier alpha value is -1.95. The predicted octanol–water partition coefficient (Wildman–Crippen LogP) is 1.38. The van der Waals surface area contributed by atoms with Crippen LogP contribution in [0.5, 0.6) is 0 Å². The lowest BCUT2D eigenvalue weighted by molar-refractivity contribution is -0.128. The monoisotopic (exact) mass is 333 g/mol. The van der Waals surface area contributed by atoms with Gasteiger partial charge in [0.05, 0.1) is 6.54 Å². The molecule has 0 spiro atoms. The number of halogens is 1. The summed E-state index contributed by atoms with van der Waals surface area (Å²) >= 11 is 0. The maximum Gasteiger partial charge on any atom is 0.234 e. The molecule has 2 amide bonds. The van der Waals surface area contributed by atoms with Crippen molar-refractivity contribution in [3.63, 3.8) is 0 Å². The van der Waals surface area contributed by atoms with Gasteiger partial charge in [-0.3, -0.25) is 14.5 Å². The lowest BCUT2D eigenvalue weighted by Gasteiger charge is -2.18. The fourth-order valence-corrected chi connectivity index (χ4v) is 3.22. The first-order valence-electron chi connectivity index (χ1n) is 8.51. The Balaban J connectivity index is 1.39. The van der Waals surface area contributed by atoms with Crippen LogP contribution < -0.4 is 5.32 Å². The Morgan fingerprint density at radius 3 is 2.83 bits per heavy atom. The summed E-state index contributed by atoms with van der Waals surface area (Å²) in [5.74, 6) is 0.0768. The van der Waals surface area contributed by atoms with E-state index in [-0.39, 0.29) is 30.1 Å². The Morgan fingerprint density at radius 1 is 1.38 bits per heavy atom. The highest BCUT2D eigenvalue weighted by Gasteiger charge is 2.39. The molecule has 2 fully saturated rings. The van der Waals surface area contributed by atoms with E-state index < -0.39 is 0 Å². The third-order valence-corrected chi connectivity index (χ3v) is 4.63. The molecule has 1 atom stereocenters. The van der Waals surface area contributed by atoms with E-state index in [1.807, 2.05) is 4.90 Å². The largest absolute Gasteiger partial charge is 0.355 e. The fraction of sp³-hybridized carbons (Fsp3) is 0.556. The van der Waals surface area contributed by atoms with Gasteiger partial charge in [-0.25, -0.2) is 4.39 Å². The SMILES string of the molecule is CN(CC(=O)NCC1CC(=O)N(C2CC2)C1)Cc1ccccc1F. The fourth-order valence-electron chi connectivity index (χ4n) is 3.22. The highest BCUT2D eigenvalue weighted by atomic mass is 19.1. The first-order chi connectivity index (χ1) is 11.5. The zero-order valence-electron chi connectivity index (χ0n) is 14.0. The number of nitrogens with zero attached hydrogens (tertiary/aromatic N) is 2. The second-order valence-corrected chi connectivity index (χ2v) is 6.92. The van der Waals surface area contributed by atoms with Crippen LogP contribution in [0.4, 0.5) is 4.39 Å². The summed E-state index contributed by atoms with van der Waals surface area (Å²) in [6, 6.07) is 7.03. The molecule has 0 aromatic heterocycles. The summed E-state index contributed by atoms with van der Waals surface area (Å²) in [7, 11) is 1.79. The second kappa shape index (κ2) is 7.30. The molecule has 24 heavy (non-hydrogen) atoms. The highest BCUT2D eigenvalue weighted by Crippen LogP contribution is 2.32. The van der Waals surface area contributed by atoms with E-state index in [1.54, 1.807) is 30.1 Å². The van der Waals surface area contributed by atoms with Gasteiger partial charge in [-0.2, -0.15) is 0 Å². The minimum absolute atomic E-state index is 0.0915. The van der Waals surface area contributed by atoms with Gasteiger partial charge in [0.1, 0.15) is 5.82 Å². The average Bonchev–Trinajstić information content (AvgIpc) is 3.31. The van der Waals surface area contributed by atoms with Crippen molar-refractivity contribution >= 4 is 11.8 Å². The molecule has 1 aliphatic carbocycles. The van der Waals surface area contributed by atoms with Crippen LogP contribution in [0.1, 0.15) is 24.8 Å². The number of amides is 2. The standard InChI is InChI=1S/C18H24FN3O2/c1-21(11-14-4-2-3-5-16(14)19)12-17(23)20-9-13-8-18(24)22(10-13)15-6-7-15/h2-5,13,15H,6-12H2,1H3,(H,20,23). The van der Waals surface area contributed by atoms with E-state index in [1.165, 1.54) is 6.07 Å². The normalized spacial score (nSPS) is 20.7. The van der Waals surface area contributed by atoms with Crippen LogP contribution in [0.2, 0.25) is 0 Å². The molecular formula is C18H24FN3O2. The molecular weight excluding hydrogens is 309 g/mol. The van der Waals surface area contributed by atoms with E-state index in [4.69, 9.17) is 0 Å². The van der Waals surface area contributed by atoms with Crippen LogP contribution in [0.25, 0.3) is 0 Å². The van der Waals surface area contributed by atoms with Crippen molar-refractivity contribution in [3.8, 4) is 0 Å². The quantitative estimate of drug-likeness (QED) is 0.820. The lowest BCUT2D eigenvalue weighted by atomic mass is 10.1. The Kier molecular flexibility index (Phi) is 5.14. The van der Waals surface area contributed by atoms with E-state index >= 15 is 0 Å². The van der Waals surface area contributed by atoms with Gasteiger partial charge < -0.3 is 10.2 Å². The summed E-state index contributed by atoms with van der Waals surface area (Å²) < 4.78 is 13.6. The number of benzene rings is 1. The van der Waals surface area contributed by atoms with Gasteiger partial charge in [-0.1, -0.05) is 18.2 Å². The third-order valence-electron chi connectivity index (χ3n) is 4.63. The molecule has 0 bridgehead atoms. The molecule has 1 aromatic carbocycles. The number of nitrogens with one attached hydrogen (secondary N) is 1. The Bertz CT molecular complexity index is 618. The minimum Gasteiger partial charge on any atom is -0.355 e. The molecule has 1 saturated carbocycles. The molecule has 1 N–H and O–H groups in total. The van der Waals surface area contributed by atoms with Crippen molar-refractivity contribution in [1.29, 1.82) is 0 Å². The highest BCUT2D eigenvalue weighted by molar-refractivity contribution is 5.80. The molecule has 5 nitrogen and oxygen atoms in total. The molecule has 0 radical (unpaired) electrons. The second-order valence-electron chi connectivity index (χ2n) is 6.92. The van der Waals surface area contributed by atoms with E-state index in [0.29, 0.717) is 31.1 Å². The smallest absolute Gasteiger partial charge is 0.234 e. The van der Waals surface area contributed by atoms with Gasteiger partial charge in [-0.05, 0) is 26.0 Å². The van der Waals surface area contributed by atoms with Crippen molar-refractivity contribution < 1.29 is 14.0 Å². The van der Waals surface area contributed by atoms with Crippen LogP contribution in [-0.2, 0) is 16.1 Å². The molecule has 1 aliphatic heterocycles. The van der Waals surface area contributed by atoms with Crippen molar-refractivity contribution in [2.24, 2.45) is 5.92 Å². The van der Waals surface area contributed by atoms with E-state index in [9.17, 15) is 14.0 Å².